The first kappa shape index (κ1) is 10.0. The van der Waals surface area contributed by atoms with Crippen molar-refractivity contribution in [2.75, 3.05) is 13.1 Å². The maximum absolute atomic E-state index is 10.7. The Kier molecular flexibility index (Phi) is 2.91. The van der Waals surface area contributed by atoms with Crippen molar-refractivity contribution in [2.24, 2.45) is 5.92 Å². The minimum atomic E-state index is -0.702. The SMILES string of the molecule is O=C(O)C1CCN(Cc2ncccn2)C1. The number of nitrogens with zero attached hydrogens (tertiary/aromatic N) is 3. The highest BCUT2D eigenvalue weighted by atomic mass is 16.4. The number of likely N-dealkylation sites (tertiary alicyclic amines) is 1. The molecule has 0 saturated carbocycles. The first-order chi connectivity index (χ1) is 7.25. The van der Waals surface area contributed by atoms with Gasteiger partial charge in [0.1, 0.15) is 5.82 Å². The molecule has 80 valence electrons. The van der Waals surface area contributed by atoms with Crippen LogP contribution < -0.4 is 0 Å². The third-order valence-corrected chi connectivity index (χ3v) is 2.61. The predicted molar refractivity (Wildman–Crippen MR) is 53.1 cm³/mol. The second kappa shape index (κ2) is 4.35. The number of hydrogen-bond donors (Lipinski definition) is 1. The van der Waals surface area contributed by atoms with Gasteiger partial charge in [0.25, 0.3) is 0 Å². The summed E-state index contributed by atoms with van der Waals surface area (Å²) in [5.41, 5.74) is 0. The van der Waals surface area contributed by atoms with Crippen LogP contribution >= 0.6 is 0 Å². The van der Waals surface area contributed by atoms with E-state index >= 15 is 0 Å². The van der Waals surface area contributed by atoms with Crippen LogP contribution in [0, 0.1) is 5.92 Å². The molecule has 1 fully saturated rings. The highest BCUT2D eigenvalue weighted by Gasteiger charge is 2.28. The van der Waals surface area contributed by atoms with Gasteiger partial charge >= 0.3 is 5.97 Å². The minimum Gasteiger partial charge on any atom is -0.481 e. The van der Waals surface area contributed by atoms with E-state index in [1.165, 1.54) is 0 Å². The molecule has 1 atom stereocenters. The van der Waals surface area contributed by atoms with E-state index in [0.717, 1.165) is 18.8 Å². The zero-order valence-electron chi connectivity index (χ0n) is 8.33. The standard InChI is InChI=1S/C10H13N3O2/c14-10(15)8-2-5-13(6-8)7-9-11-3-1-4-12-9/h1,3-4,8H,2,5-7H2,(H,14,15). The van der Waals surface area contributed by atoms with Gasteiger partial charge in [-0.1, -0.05) is 0 Å². The molecule has 1 aliphatic rings. The van der Waals surface area contributed by atoms with E-state index in [1.807, 2.05) is 0 Å². The molecular weight excluding hydrogens is 194 g/mol. The molecule has 0 bridgehead atoms. The first-order valence-electron chi connectivity index (χ1n) is 4.97. The second-order valence-electron chi connectivity index (χ2n) is 3.72. The van der Waals surface area contributed by atoms with Crippen LogP contribution in [0.3, 0.4) is 0 Å². The number of aliphatic carboxylic acids is 1. The summed E-state index contributed by atoms with van der Waals surface area (Å²) >= 11 is 0. The lowest BCUT2D eigenvalue weighted by molar-refractivity contribution is -0.141. The lowest BCUT2D eigenvalue weighted by atomic mass is 10.1. The molecule has 0 spiro atoms. The molecule has 0 aliphatic carbocycles. The monoisotopic (exact) mass is 207 g/mol. The number of carbonyl (C=O) groups is 1. The molecular formula is C10H13N3O2. The summed E-state index contributed by atoms with van der Waals surface area (Å²) in [5, 5.41) is 8.84. The Labute approximate surface area is 87.8 Å². The van der Waals surface area contributed by atoms with Gasteiger partial charge in [0.2, 0.25) is 0 Å². The van der Waals surface area contributed by atoms with Crippen molar-refractivity contribution >= 4 is 5.97 Å². The van der Waals surface area contributed by atoms with E-state index < -0.39 is 5.97 Å². The van der Waals surface area contributed by atoms with Crippen molar-refractivity contribution < 1.29 is 9.90 Å². The van der Waals surface area contributed by atoms with Crippen molar-refractivity contribution in [3.8, 4) is 0 Å². The smallest absolute Gasteiger partial charge is 0.307 e. The minimum absolute atomic E-state index is 0.228. The number of hydrogen-bond acceptors (Lipinski definition) is 4. The Balaban J connectivity index is 1.90. The van der Waals surface area contributed by atoms with Crippen LogP contribution in [0.25, 0.3) is 0 Å². The van der Waals surface area contributed by atoms with Crippen molar-refractivity contribution in [3.63, 3.8) is 0 Å². The topological polar surface area (TPSA) is 66.3 Å². The summed E-state index contributed by atoms with van der Waals surface area (Å²) in [6.07, 6.45) is 4.13. The van der Waals surface area contributed by atoms with E-state index in [1.54, 1.807) is 18.5 Å². The molecule has 0 amide bonds. The average molecular weight is 207 g/mol. The fourth-order valence-corrected chi connectivity index (χ4v) is 1.79. The Morgan fingerprint density at radius 2 is 2.27 bits per heavy atom. The molecule has 0 radical (unpaired) electrons. The van der Waals surface area contributed by atoms with Gasteiger partial charge in [-0.05, 0) is 19.0 Å². The van der Waals surface area contributed by atoms with Gasteiger partial charge in [-0.2, -0.15) is 0 Å². The van der Waals surface area contributed by atoms with E-state index in [2.05, 4.69) is 14.9 Å². The second-order valence-corrected chi connectivity index (χ2v) is 3.72. The van der Waals surface area contributed by atoms with Crippen LogP contribution in [0.5, 0.6) is 0 Å². The van der Waals surface area contributed by atoms with Crippen LogP contribution in [0.2, 0.25) is 0 Å². The molecule has 1 unspecified atom stereocenters. The number of rotatable bonds is 3. The maximum Gasteiger partial charge on any atom is 0.307 e. The molecule has 5 heteroatoms. The van der Waals surface area contributed by atoms with Crippen LogP contribution in [0.1, 0.15) is 12.2 Å². The zero-order valence-corrected chi connectivity index (χ0v) is 8.33. The van der Waals surface area contributed by atoms with Gasteiger partial charge in [0.15, 0.2) is 0 Å². The van der Waals surface area contributed by atoms with Crippen molar-refractivity contribution in [1.82, 2.24) is 14.9 Å². The first-order valence-corrected chi connectivity index (χ1v) is 4.97. The van der Waals surface area contributed by atoms with Crippen LogP contribution in [0.4, 0.5) is 0 Å². The van der Waals surface area contributed by atoms with Gasteiger partial charge < -0.3 is 5.11 Å². The molecule has 1 aromatic rings. The molecule has 2 heterocycles. The molecule has 5 nitrogen and oxygen atoms in total. The predicted octanol–water partition coefficient (Wildman–Crippen LogP) is 0.383. The summed E-state index contributed by atoms with van der Waals surface area (Å²) in [5.74, 6) is -0.177. The van der Waals surface area contributed by atoms with Gasteiger partial charge in [-0.15, -0.1) is 0 Å². The number of aromatic nitrogens is 2. The zero-order chi connectivity index (χ0) is 10.7. The van der Waals surface area contributed by atoms with Crippen molar-refractivity contribution in [1.29, 1.82) is 0 Å². The Hall–Kier alpha value is -1.49. The molecule has 1 saturated heterocycles. The van der Waals surface area contributed by atoms with Crippen LogP contribution in [-0.4, -0.2) is 39.0 Å². The van der Waals surface area contributed by atoms with Gasteiger partial charge in [-0.3, -0.25) is 9.69 Å². The lowest BCUT2D eigenvalue weighted by Crippen LogP contribution is -2.23. The highest BCUT2D eigenvalue weighted by molar-refractivity contribution is 5.70. The largest absolute Gasteiger partial charge is 0.481 e. The average Bonchev–Trinajstić information content (AvgIpc) is 2.68. The maximum atomic E-state index is 10.7. The molecule has 15 heavy (non-hydrogen) atoms. The third-order valence-electron chi connectivity index (χ3n) is 2.61. The third kappa shape index (κ3) is 2.50. The van der Waals surface area contributed by atoms with Gasteiger partial charge in [-0.25, -0.2) is 9.97 Å². The van der Waals surface area contributed by atoms with Crippen molar-refractivity contribution in [2.45, 2.75) is 13.0 Å². The fraction of sp³-hybridized carbons (Fsp3) is 0.500. The fourth-order valence-electron chi connectivity index (χ4n) is 1.79. The molecule has 1 aromatic heterocycles. The quantitative estimate of drug-likeness (QED) is 0.776. The summed E-state index contributed by atoms with van der Waals surface area (Å²) in [7, 11) is 0. The number of carboxylic acids is 1. The van der Waals surface area contributed by atoms with E-state index in [0.29, 0.717) is 13.1 Å². The van der Waals surface area contributed by atoms with E-state index in [4.69, 9.17) is 5.11 Å². The van der Waals surface area contributed by atoms with Crippen molar-refractivity contribution in [3.05, 3.63) is 24.3 Å². The van der Waals surface area contributed by atoms with E-state index in [-0.39, 0.29) is 5.92 Å². The molecule has 2 rings (SSSR count). The molecule has 1 N–H and O–H groups in total. The highest BCUT2D eigenvalue weighted by Crippen LogP contribution is 2.17. The summed E-state index contributed by atoms with van der Waals surface area (Å²) < 4.78 is 0. The molecule has 1 aliphatic heterocycles. The van der Waals surface area contributed by atoms with E-state index in [9.17, 15) is 4.79 Å². The Bertz CT molecular complexity index is 342. The Morgan fingerprint density at radius 3 is 2.87 bits per heavy atom. The summed E-state index contributed by atoms with van der Waals surface area (Å²) in [6.45, 7) is 2.06. The van der Waals surface area contributed by atoms with Gasteiger partial charge in [0.05, 0.1) is 12.5 Å². The molecule has 0 aromatic carbocycles. The summed E-state index contributed by atoms with van der Waals surface area (Å²) in [6, 6.07) is 1.77. The summed E-state index contributed by atoms with van der Waals surface area (Å²) in [4.78, 5) is 21.0. The normalized spacial score (nSPS) is 21.7. The van der Waals surface area contributed by atoms with Crippen LogP contribution in [-0.2, 0) is 11.3 Å². The Morgan fingerprint density at radius 1 is 1.53 bits per heavy atom. The lowest BCUT2D eigenvalue weighted by Gasteiger charge is -2.13. The van der Waals surface area contributed by atoms with Crippen LogP contribution in [0.15, 0.2) is 18.5 Å². The van der Waals surface area contributed by atoms with Gasteiger partial charge in [0, 0.05) is 18.9 Å². The number of carboxylic acid groups (broad SMARTS) is 1.